The Kier molecular flexibility index (Phi) is 7.05. The van der Waals surface area contributed by atoms with E-state index < -0.39 is 0 Å². The third-order valence-electron chi connectivity index (χ3n) is 2.79. The molecule has 0 aromatic carbocycles. The summed E-state index contributed by atoms with van der Waals surface area (Å²) in [6, 6.07) is 4.50. The molecule has 0 unspecified atom stereocenters. The average Bonchev–Trinajstić information content (AvgIpc) is 2.75. The second kappa shape index (κ2) is 8.03. The van der Waals surface area contributed by atoms with Crippen LogP contribution in [0, 0.1) is 5.92 Å². The van der Waals surface area contributed by atoms with E-state index in [4.69, 9.17) is 4.74 Å². The van der Waals surface area contributed by atoms with Gasteiger partial charge in [0.25, 0.3) is 0 Å². The third-order valence-corrected chi connectivity index (χ3v) is 4.30. The van der Waals surface area contributed by atoms with Crippen LogP contribution in [0.4, 0.5) is 0 Å². The normalized spacial score (nSPS) is 12.3. The molecule has 1 rings (SSSR count). The van der Waals surface area contributed by atoms with Crippen molar-refractivity contribution in [2.24, 2.45) is 5.92 Å². The fourth-order valence-corrected chi connectivity index (χ4v) is 2.74. The summed E-state index contributed by atoms with van der Waals surface area (Å²) in [7, 11) is 0. The molecule has 0 bridgehead atoms. The van der Waals surface area contributed by atoms with Crippen LogP contribution in [0.5, 0.6) is 0 Å². The maximum Gasteiger partial charge on any atom is 0.0489 e. The molecule has 3 heteroatoms. The Morgan fingerprint density at radius 2 is 2.00 bits per heavy atom. The maximum atomic E-state index is 5.56. The lowest BCUT2D eigenvalue weighted by Crippen LogP contribution is -2.16. The van der Waals surface area contributed by atoms with Crippen molar-refractivity contribution < 1.29 is 4.74 Å². The van der Waals surface area contributed by atoms with E-state index in [9.17, 15) is 0 Å². The SMILES string of the molecule is CC(C)COCCCNCc1ccc(C(C)(C)C)s1. The molecule has 1 heterocycles. The minimum Gasteiger partial charge on any atom is -0.381 e. The molecule has 0 aliphatic carbocycles. The van der Waals surface area contributed by atoms with Gasteiger partial charge in [0, 0.05) is 29.5 Å². The summed E-state index contributed by atoms with van der Waals surface area (Å²) >= 11 is 1.92. The number of hydrogen-bond donors (Lipinski definition) is 1. The monoisotopic (exact) mass is 283 g/mol. The maximum absolute atomic E-state index is 5.56. The van der Waals surface area contributed by atoms with Gasteiger partial charge in [-0.2, -0.15) is 0 Å². The second-order valence-corrected chi connectivity index (χ2v) is 7.68. The first-order valence-corrected chi connectivity index (χ1v) is 8.09. The summed E-state index contributed by atoms with van der Waals surface area (Å²) in [5.74, 6) is 0.634. The summed E-state index contributed by atoms with van der Waals surface area (Å²) in [6.07, 6.45) is 1.09. The van der Waals surface area contributed by atoms with E-state index in [1.807, 2.05) is 11.3 Å². The molecule has 0 radical (unpaired) electrons. The van der Waals surface area contributed by atoms with Gasteiger partial charge in [0.1, 0.15) is 0 Å². The molecule has 19 heavy (non-hydrogen) atoms. The number of hydrogen-bond acceptors (Lipinski definition) is 3. The van der Waals surface area contributed by atoms with Crippen molar-refractivity contribution in [1.82, 2.24) is 5.32 Å². The predicted molar refractivity (Wildman–Crippen MR) is 85.0 cm³/mol. The van der Waals surface area contributed by atoms with E-state index >= 15 is 0 Å². The van der Waals surface area contributed by atoms with Gasteiger partial charge in [-0.15, -0.1) is 11.3 Å². The molecule has 0 saturated carbocycles. The van der Waals surface area contributed by atoms with Crippen LogP contribution in [0.3, 0.4) is 0 Å². The van der Waals surface area contributed by atoms with Gasteiger partial charge in [-0.25, -0.2) is 0 Å². The smallest absolute Gasteiger partial charge is 0.0489 e. The van der Waals surface area contributed by atoms with Crippen LogP contribution in [-0.4, -0.2) is 19.8 Å². The summed E-state index contributed by atoms with van der Waals surface area (Å²) in [4.78, 5) is 2.89. The Labute approximate surface area is 122 Å². The minimum atomic E-state index is 0.271. The molecule has 1 aromatic rings. The minimum absolute atomic E-state index is 0.271. The third kappa shape index (κ3) is 7.09. The second-order valence-electron chi connectivity index (χ2n) is 6.52. The molecule has 0 spiro atoms. The van der Waals surface area contributed by atoms with E-state index in [2.05, 4.69) is 52.1 Å². The molecular weight excluding hydrogens is 254 g/mol. The van der Waals surface area contributed by atoms with Gasteiger partial charge in [-0.05, 0) is 36.4 Å². The van der Waals surface area contributed by atoms with Crippen molar-refractivity contribution in [2.75, 3.05) is 19.8 Å². The van der Waals surface area contributed by atoms with Crippen molar-refractivity contribution in [2.45, 2.75) is 53.0 Å². The molecule has 1 aromatic heterocycles. The van der Waals surface area contributed by atoms with Gasteiger partial charge in [-0.1, -0.05) is 34.6 Å². The Morgan fingerprint density at radius 1 is 1.26 bits per heavy atom. The van der Waals surface area contributed by atoms with Gasteiger partial charge >= 0.3 is 0 Å². The van der Waals surface area contributed by atoms with Crippen molar-refractivity contribution in [3.8, 4) is 0 Å². The molecule has 0 atom stereocenters. The lowest BCUT2D eigenvalue weighted by Gasteiger charge is -2.15. The molecule has 2 nitrogen and oxygen atoms in total. The van der Waals surface area contributed by atoms with Crippen LogP contribution in [-0.2, 0) is 16.7 Å². The lowest BCUT2D eigenvalue weighted by atomic mass is 9.95. The summed E-state index contributed by atoms with van der Waals surface area (Å²) < 4.78 is 5.56. The van der Waals surface area contributed by atoms with Crippen molar-refractivity contribution >= 4 is 11.3 Å². The summed E-state index contributed by atoms with van der Waals surface area (Å²) in [6.45, 7) is 14.9. The quantitative estimate of drug-likeness (QED) is 0.722. The molecular formula is C16H29NOS. The van der Waals surface area contributed by atoms with Crippen LogP contribution >= 0.6 is 11.3 Å². The molecule has 0 aliphatic rings. The fourth-order valence-electron chi connectivity index (χ4n) is 1.71. The number of thiophene rings is 1. The Hall–Kier alpha value is -0.380. The van der Waals surface area contributed by atoms with Crippen LogP contribution in [0.2, 0.25) is 0 Å². The highest BCUT2D eigenvalue weighted by atomic mass is 32.1. The first-order valence-electron chi connectivity index (χ1n) is 7.27. The largest absolute Gasteiger partial charge is 0.381 e. The molecule has 0 fully saturated rings. The standard InChI is InChI=1S/C16H29NOS/c1-13(2)12-18-10-6-9-17-11-14-7-8-15(19-14)16(3,4)5/h7-8,13,17H,6,9-12H2,1-5H3. The van der Waals surface area contributed by atoms with Gasteiger partial charge in [-0.3, -0.25) is 0 Å². The Bertz CT molecular complexity index is 352. The zero-order valence-corrected chi connectivity index (χ0v) is 13.9. The molecule has 0 amide bonds. The zero-order chi connectivity index (χ0) is 14.3. The molecule has 0 aliphatic heterocycles. The highest BCUT2D eigenvalue weighted by Gasteiger charge is 2.15. The van der Waals surface area contributed by atoms with E-state index in [1.54, 1.807) is 0 Å². The Balaban J connectivity index is 2.11. The van der Waals surface area contributed by atoms with E-state index in [0.29, 0.717) is 5.92 Å². The van der Waals surface area contributed by atoms with E-state index in [-0.39, 0.29) is 5.41 Å². The van der Waals surface area contributed by atoms with Crippen molar-refractivity contribution in [1.29, 1.82) is 0 Å². The lowest BCUT2D eigenvalue weighted by molar-refractivity contribution is 0.108. The Morgan fingerprint density at radius 3 is 2.58 bits per heavy atom. The van der Waals surface area contributed by atoms with Gasteiger partial charge in [0.15, 0.2) is 0 Å². The highest BCUT2D eigenvalue weighted by Crippen LogP contribution is 2.29. The summed E-state index contributed by atoms with van der Waals surface area (Å²) in [5, 5.41) is 3.49. The number of ether oxygens (including phenoxy) is 1. The van der Waals surface area contributed by atoms with Gasteiger partial charge in [0.05, 0.1) is 0 Å². The van der Waals surface area contributed by atoms with E-state index in [1.165, 1.54) is 9.75 Å². The number of rotatable bonds is 8. The van der Waals surface area contributed by atoms with Crippen molar-refractivity contribution in [3.63, 3.8) is 0 Å². The first-order chi connectivity index (χ1) is 8.89. The molecule has 0 saturated heterocycles. The average molecular weight is 283 g/mol. The van der Waals surface area contributed by atoms with Crippen LogP contribution in [0.15, 0.2) is 12.1 Å². The molecule has 110 valence electrons. The van der Waals surface area contributed by atoms with Crippen LogP contribution in [0.25, 0.3) is 0 Å². The fraction of sp³-hybridized carbons (Fsp3) is 0.750. The number of nitrogens with one attached hydrogen (secondary N) is 1. The first kappa shape index (κ1) is 16.7. The van der Waals surface area contributed by atoms with E-state index in [0.717, 1.165) is 32.7 Å². The predicted octanol–water partition coefficient (Wildman–Crippen LogP) is 4.20. The van der Waals surface area contributed by atoms with Gasteiger partial charge in [0.2, 0.25) is 0 Å². The zero-order valence-electron chi connectivity index (χ0n) is 13.1. The summed E-state index contributed by atoms with van der Waals surface area (Å²) in [5.41, 5.74) is 0.271. The van der Waals surface area contributed by atoms with Gasteiger partial charge < -0.3 is 10.1 Å². The highest BCUT2D eigenvalue weighted by molar-refractivity contribution is 7.12. The van der Waals surface area contributed by atoms with Crippen molar-refractivity contribution in [3.05, 3.63) is 21.9 Å². The topological polar surface area (TPSA) is 21.3 Å². The molecule has 1 N–H and O–H groups in total. The van der Waals surface area contributed by atoms with Crippen LogP contribution in [0.1, 0.15) is 50.8 Å². The van der Waals surface area contributed by atoms with Crippen LogP contribution < -0.4 is 5.32 Å².